The summed E-state index contributed by atoms with van der Waals surface area (Å²) in [4.78, 5) is 11.5. The number of rotatable bonds is 2. The number of methoxy groups -OCH3 is 1. The fourth-order valence-corrected chi connectivity index (χ4v) is 3.00. The largest absolute Gasteiger partial charge is 0.486 e. The predicted molar refractivity (Wildman–Crippen MR) is 73.7 cm³/mol. The van der Waals surface area contributed by atoms with E-state index in [1.54, 1.807) is 0 Å². The van der Waals surface area contributed by atoms with Crippen LogP contribution in [0.15, 0.2) is 11.8 Å². The fraction of sp³-hybridized carbons (Fsp3) is 0.800. The third-order valence-corrected chi connectivity index (χ3v) is 3.86. The molecule has 0 unspecified atom stereocenters. The molecule has 0 amide bonds. The van der Waals surface area contributed by atoms with Crippen LogP contribution >= 0.6 is 0 Å². The first kappa shape index (κ1) is 15.7. The van der Waals surface area contributed by atoms with E-state index < -0.39 is 29.8 Å². The van der Waals surface area contributed by atoms with Gasteiger partial charge < -0.3 is 28.4 Å². The zero-order valence-electron chi connectivity index (χ0n) is 13.5. The summed E-state index contributed by atoms with van der Waals surface area (Å²) in [5, 5.41) is 0. The maximum Gasteiger partial charge on any atom is 0.333 e. The first-order valence-electron chi connectivity index (χ1n) is 7.34. The molecule has 3 saturated heterocycles. The zero-order valence-corrected chi connectivity index (χ0v) is 13.5. The van der Waals surface area contributed by atoms with Crippen molar-refractivity contribution < 1.29 is 33.2 Å². The van der Waals surface area contributed by atoms with E-state index in [-0.39, 0.29) is 12.2 Å². The molecule has 3 fully saturated rings. The van der Waals surface area contributed by atoms with Crippen molar-refractivity contribution in [3.63, 3.8) is 0 Å². The minimum Gasteiger partial charge on any atom is -0.486 e. The normalized spacial score (nSPS) is 40.5. The van der Waals surface area contributed by atoms with E-state index in [0.717, 1.165) is 0 Å². The van der Waals surface area contributed by atoms with Crippen molar-refractivity contribution in [3.8, 4) is 0 Å². The Kier molecular flexibility index (Phi) is 3.71. The first-order chi connectivity index (χ1) is 10.2. The number of carbonyl (C=O) groups excluding carboxylic acids is 1. The molecule has 0 aromatic rings. The molecule has 0 aromatic carbocycles. The van der Waals surface area contributed by atoms with Gasteiger partial charge in [0.1, 0.15) is 24.1 Å². The van der Waals surface area contributed by atoms with Crippen molar-refractivity contribution in [1.82, 2.24) is 0 Å². The van der Waals surface area contributed by atoms with Crippen LogP contribution in [0.2, 0.25) is 0 Å². The van der Waals surface area contributed by atoms with Gasteiger partial charge in [0.2, 0.25) is 0 Å². The Balaban J connectivity index is 1.83. The highest BCUT2D eigenvalue weighted by Gasteiger charge is 2.57. The van der Waals surface area contributed by atoms with Crippen LogP contribution in [0, 0.1) is 0 Å². The van der Waals surface area contributed by atoms with E-state index >= 15 is 0 Å². The molecule has 3 aliphatic heterocycles. The van der Waals surface area contributed by atoms with Gasteiger partial charge in [0.05, 0.1) is 19.8 Å². The van der Waals surface area contributed by atoms with E-state index in [4.69, 9.17) is 23.7 Å². The molecule has 4 atom stereocenters. The Morgan fingerprint density at radius 1 is 1.14 bits per heavy atom. The summed E-state index contributed by atoms with van der Waals surface area (Å²) in [6, 6.07) is 0. The van der Waals surface area contributed by atoms with Crippen LogP contribution in [0.25, 0.3) is 0 Å². The summed E-state index contributed by atoms with van der Waals surface area (Å²) in [6.45, 7) is 7.75. The van der Waals surface area contributed by atoms with Crippen molar-refractivity contribution in [1.29, 1.82) is 0 Å². The lowest BCUT2D eigenvalue weighted by molar-refractivity contribution is -0.187. The average molecular weight is 314 g/mol. The second kappa shape index (κ2) is 5.19. The molecule has 0 spiro atoms. The lowest BCUT2D eigenvalue weighted by atomic mass is 10.1. The second-order valence-electron chi connectivity index (χ2n) is 6.54. The summed E-state index contributed by atoms with van der Waals surface area (Å²) in [5.41, 5.74) is 0. The van der Waals surface area contributed by atoms with Crippen LogP contribution in [0.1, 0.15) is 27.7 Å². The molecule has 0 N–H and O–H groups in total. The van der Waals surface area contributed by atoms with Gasteiger partial charge in [-0.3, -0.25) is 0 Å². The molecule has 0 aliphatic carbocycles. The standard InChI is InChI=1S/C15H22O7/c1-14(2)18-7-9(20-14)11-13-12(21-15(3,4)22-13)8(19-11)6-10(16)17-5/h6,9,11-13H,7H2,1-5H3/b8-6-/t9-,11+,12+,13-/m1/s1. The Labute approximate surface area is 129 Å². The minimum absolute atomic E-state index is 0.288. The Hall–Kier alpha value is -1.15. The van der Waals surface area contributed by atoms with Gasteiger partial charge in [-0.1, -0.05) is 0 Å². The molecule has 0 saturated carbocycles. The fourth-order valence-electron chi connectivity index (χ4n) is 3.00. The maximum atomic E-state index is 11.5. The van der Waals surface area contributed by atoms with Crippen LogP contribution in [0.4, 0.5) is 0 Å². The van der Waals surface area contributed by atoms with Crippen molar-refractivity contribution in [2.24, 2.45) is 0 Å². The van der Waals surface area contributed by atoms with Crippen LogP contribution in [0.5, 0.6) is 0 Å². The lowest BCUT2D eigenvalue weighted by Gasteiger charge is -2.26. The Morgan fingerprint density at radius 3 is 2.45 bits per heavy atom. The van der Waals surface area contributed by atoms with Crippen LogP contribution in [-0.4, -0.2) is 55.7 Å². The topological polar surface area (TPSA) is 72.5 Å². The van der Waals surface area contributed by atoms with Crippen molar-refractivity contribution in [2.75, 3.05) is 13.7 Å². The summed E-state index contributed by atoms with van der Waals surface area (Å²) in [5.74, 6) is -1.50. The van der Waals surface area contributed by atoms with Gasteiger partial charge in [0.25, 0.3) is 0 Å². The van der Waals surface area contributed by atoms with Crippen LogP contribution in [-0.2, 0) is 33.2 Å². The second-order valence-corrected chi connectivity index (χ2v) is 6.54. The molecule has 3 rings (SSSR count). The molecule has 0 bridgehead atoms. The van der Waals surface area contributed by atoms with Gasteiger partial charge in [-0.2, -0.15) is 0 Å². The van der Waals surface area contributed by atoms with Crippen LogP contribution < -0.4 is 0 Å². The highest BCUT2D eigenvalue weighted by atomic mass is 16.8. The van der Waals surface area contributed by atoms with Gasteiger partial charge in [-0.25, -0.2) is 4.79 Å². The van der Waals surface area contributed by atoms with Gasteiger partial charge in [0, 0.05) is 0 Å². The minimum atomic E-state index is -0.748. The van der Waals surface area contributed by atoms with E-state index in [0.29, 0.717) is 12.4 Å². The number of fused-ring (bicyclic) bond motifs is 1. The quantitative estimate of drug-likeness (QED) is 0.558. The van der Waals surface area contributed by atoms with Gasteiger partial charge in [-0.05, 0) is 27.7 Å². The summed E-state index contributed by atoms with van der Waals surface area (Å²) in [6.07, 6.45) is -0.198. The number of hydrogen-bond donors (Lipinski definition) is 0. The SMILES string of the molecule is COC(=O)/C=C1\O[C@@H]([C@H]2COC(C)(C)O2)[C@H]2OC(C)(C)O[C@@H]12. The number of hydrogen-bond acceptors (Lipinski definition) is 7. The van der Waals surface area contributed by atoms with E-state index in [2.05, 4.69) is 4.74 Å². The molecular weight excluding hydrogens is 292 g/mol. The van der Waals surface area contributed by atoms with Gasteiger partial charge in [0.15, 0.2) is 17.7 Å². The average Bonchev–Trinajstić information content (AvgIpc) is 3.01. The monoisotopic (exact) mass is 314 g/mol. The highest BCUT2D eigenvalue weighted by Crippen LogP contribution is 2.43. The lowest BCUT2D eigenvalue weighted by Crippen LogP contribution is -2.40. The van der Waals surface area contributed by atoms with Crippen molar-refractivity contribution >= 4 is 5.97 Å². The number of esters is 1. The molecule has 0 aromatic heterocycles. The van der Waals surface area contributed by atoms with E-state index in [1.807, 2.05) is 27.7 Å². The van der Waals surface area contributed by atoms with Gasteiger partial charge in [-0.15, -0.1) is 0 Å². The summed E-state index contributed by atoms with van der Waals surface area (Å²) < 4.78 is 33.8. The molecule has 7 nitrogen and oxygen atoms in total. The number of ether oxygens (including phenoxy) is 6. The first-order valence-corrected chi connectivity index (χ1v) is 7.34. The molecule has 3 heterocycles. The van der Waals surface area contributed by atoms with Gasteiger partial charge >= 0.3 is 5.97 Å². The Bertz CT molecular complexity index is 496. The van der Waals surface area contributed by atoms with E-state index in [1.165, 1.54) is 13.2 Å². The van der Waals surface area contributed by atoms with Crippen molar-refractivity contribution in [3.05, 3.63) is 11.8 Å². The molecule has 3 aliphatic rings. The Morgan fingerprint density at radius 2 is 1.86 bits per heavy atom. The molecule has 22 heavy (non-hydrogen) atoms. The molecule has 0 radical (unpaired) electrons. The van der Waals surface area contributed by atoms with E-state index in [9.17, 15) is 4.79 Å². The predicted octanol–water partition coefficient (Wildman–Crippen LogP) is 1.11. The molecular formula is C15H22O7. The summed E-state index contributed by atoms with van der Waals surface area (Å²) in [7, 11) is 1.32. The number of carbonyl (C=O) groups is 1. The third kappa shape index (κ3) is 2.86. The third-order valence-electron chi connectivity index (χ3n) is 3.86. The highest BCUT2D eigenvalue weighted by molar-refractivity contribution is 5.82. The maximum absolute atomic E-state index is 11.5. The zero-order chi connectivity index (χ0) is 16.1. The smallest absolute Gasteiger partial charge is 0.333 e. The molecule has 124 valence electrons. The van der Waals surface area contributed by atoms with Crippen molar-refractivity contribution in [2.45, 2.75) is 63.7 Å². The molecule has 7 heteroatoms. The van der Waals surface area contributed by atoms with Crippen LogP contribution in [0.3, 0.4) is 0 Å². The summed E-state index contributed by atoms with van der Waals surface area (Å²) >= 11 is 0.